The summed E-state index contributed by atoms with van der Waals surface area (Å²) < 4.78 is 5.30. The number of hydrogen-bond donors (Lipinski definition) is 1. The fourth-order valence-corrected chi connectivity index (χ4v) is 2.81. The second-order valence-corrected chi connectivity index (χ2v) is 5.78. The van der Waals surface area contributed by atoms with Crippen LogP contribution in [0.4, 0.5) is 0 Å². The maximum atomic E-state index is 12.2. The number of benzene rings is 2. The van der Waals surface area contributed by atoms with E-state index >= 15 is 0 Å². The molecule has 1 aliphatic heterocycles. The van der Waals surface area contributed by atoms with E-state index < -0.39 is 0 Å². The molecule has 4 nitrogen and oxygen atoms in total. The number of rotatable bonds is 4. The highest BCUT2D eigenvalue weighted by Crippen LogP contribution is 2.20. The number of fused-ring (bicyclic) bond motifs is 1. The van der Waals surface area contributed by atoms with E-state index in [1.54, 1.807) is 0 Å². The molecule has 0 aliphatic carbocycles. The largest absolute Gasteiger partial charge is 0.379 e. The molecule has 1 amide bonds. The highest BCUT2D eigenvalue weighted by atomic mass is 16.5. The van der Waals surface area contributed by atoms with Gasteiger partial charge in [-0.05, 0) is 29.3 Å². The summed E-state index contributed by atoms with van der Waals surface area (Å²) in [4.78, 5) is 14.3. The lowest BCUT2D eigenvalue weighted by molar-refractivity contribution is -0.123. The molecule has 1 aliphatic rings. The normalized spacial score (nSPS) is 17.3. The number of amides is 1. The van der Waals surface area contributed by atoms with Crippen molar-refractivity contribution < 1.29 is 9.53 Å². The maximum Gasteiger partial charge on any atom is 0.234 e. The van der Waals surface area contributed by atoms with Crippen LogP contribution in [-0.4, -0.2) is 43.7 Å². The van der Waals surface area contributed by atoms with Crippen LogP contribution < -0.4 is 5.32 Å². The molecule has 0 bridgehead atoms. The summed E-state index contributed by atoms with van der Waals surface area (Å²) in [5.74, 6) is 0.0718. The van der Waals surface area contributed by atoms with Crippen LogP contribution in [-0.2, 0) is 9.53 Å². The van der Waals surface area contributed by atoms with Crippen LogP contribution in [0, 0.1) is 0 Å². The highest BCUT2D eigenvalue weighted by Gasteiger charge is 2.16. The van der Waals surface area contributed by atoms with Crippen molar-refractivity contribution in [3.8, 4) is 0 Å². The first-order valence-corrected chi connectivity index (χ1v) is 7.80. The van der Waals surface area contributed by atoms with Crippen LogP contribution >= 0.6 is 0 Å². The van der Waals surface area contributed by atoms with E-state index in [-0.39, 0.29) is 11.9 Å². The van der Waals surface area contributed by atoms with Crippen LogP contribution in [0.15, 0.2) is 42.5 Å². The third-order valence-corrected chi connectivity index (χ3v) is 4.12. The molecule has 0 radical (unpaired) electrons. The van der Waals surface area contributed by atoms with Gasteiger partial charge < -0.3 is 10.1 Å². The van der Waals surface area contributed by atoms with Crippen molar-refractivity contribution in [3.05, 3.63) is 48.0 Å². The Labute approximate surface area is 131 Å². The molecule has 2 aromatic rings. The Hall–Kier alpha value is -1.91. The summed E-state index contributed by atoms with van der Waals surface area (Å²) in [5, 5.41) is 5.51. The Kier molecular flexibility index (Phi) is 4.71. The van der Waals surface area contributed by atoms with Crippen LogP contribution in [0.5, 0.6) is 0 Å². The van der Waals surface area contributed by atoms with Crippen LogP contribution in [0.2, 0.25) is 0 Å². The molecule has 2 aromatic carbocycles. The minimum atomic E-state index is 0.0122. The van der Waals surface area contributed by atoms with Crippen molar-refractivity contribution >= 4 is 16.7 Å². The first kappa shape index (κ1) is 15.0. The minimum absolute atomic E-state index is 0.0122. The number of carbonyl (C=O) groups excluding carboxylic acids is 1. The van der Waals surface area contributed by atoms with E-state index in [1.807, 2.05) is 19.1 Å². The van der Waals surface area contributed by atoms with Crippen molar-refractivity contribution in [2.75, 3.05) is 32.8 Å². The summed E-state index contributed by atoms with van der Waals surface area (Å²) in [5.41, 5.74) is 1.13. The lowest BCUT2D eigenvalue weighted by Gasteiger charge is -2.26. The van der Waals surface area contributed by atoms with Gasteiger partial charge in [0.2, 0.25) is 5.91 Å². The zero-order valence-electron chi connectivity index (χ0n) is 12.9. The van der Waals surface area contributed by atoms with Gasteiger partial charge >= 0.3 is 0 Å². The van der Waals surface area contributed by atoms with Crippen LogP contribution in [0.3, 0.4) is 0 Å². The fraction of sp³-hybridized carbons (Fsp3) is 0.389. The summed E-state index contributed by atoms with van der Waals surface area (Å²) in [7, 11) is 0. The van der Waals surface area contributed by atoms with Crippen molar-refractivity contribution in [2.45, 2.75) is 13.0 Å². The molecule has 1 N–H and O–H groups in total. The molecular formula is C18H22N2O2. The Morgan fingerprint density at radius 2 is 1.91 bits per heavy atom. The van der Waals surface area contributed by atoms with Gasteiger partial charge in [0, 0.05) is 13.1 Å². The summed E-state index contributed by atoms with van der Waals surface area (Å²) in [6.45, 7) is 5.57. The molecule has 0 aromatic heterocycles. The molecule has 116 valence electrons. The van der Waals surface area contributed by atoms with Crippen LogP contribution in [0.1, 0.15) is 18.5 Å². The molecule has 1 fully saturated rings. The molecule has 4 heteroatoms. The number of morpholine rings is 1. The van der Waals surface area contributed by atoms with Gasteiger partial charge in [-0.3, -0.25) is 9.69 Å². The van der Waals surface area contributed by atoms with Gasteiger partial charge in [-0.2, -0.15) is 0 Å². The Morgan fingerprint density at radius 3 is 2.68 bits per heavy atom. The molecule has 1 heterocycles. The van der Waals surface area contributed by atoms with Gasteiger partial charge in [-0.25, -0.2) is 0 Å². The minimum Gasteiger partial charge on any atom is -0.379 e. The third kappa shape index (κ3) is 3.64. The van der Waals surface area contributed by atoms with Crippen LogP contribution in [0.25, 0.3) is 10.8 Å². The summed E-state index contributed by atoms with van der Waals surface area (Å²) in [6.07, 6.45) is 0. The smallest absolute Gasteiger partial charge is 0.234 e. The van der Waals surface area contributed by atoms with E-state index in [0.29, 0.717) is 19.8 Å². The quantitative estimate of drug-likeness (QED) is 0.942. The van der Waals surface area contributed by atoms with Gasteiger partial charge in [0.25, 0.3) is 0 Å². The SMILES string of the molecule is CC(NC(=O)CN1CCOCC1)c1ccc2ccccc2c1. The first-order valence-electron chi connectivity index (χ1n) is 7.80. The van der Waals surface area contributed by atoms with E-state index in [4.69, 9.17) is 4.74 Å². The molecule has 1 unspecified atom stereocenters. The van der Waals surface area contributed by atoms with Gasteiger partial charge in [0.1, 0.15) is 0 Å². The topological polar surface area (TPSA) is 41.6 Å². The molecule has 0 spiro atoms. The first-order chi connectivity index (χ1) is 10.7. The Balaban J connectivity index is 1.62. The number of nitrogens with zero attached hydrogens (tertiary/aromatic N) is 1. The lowest BCUT2D eigenvalue weighted by Crippen LogP contribution is -2.43. The Morgan fingerprint density at radius 1 is 1.18 bits per heavy atom. The van der Waals surface area contributed by atoms with Crippen molar-refractivity contribution in [3.63, 3.8) is 0 Å². The fourth-order valence-electron chi connectivity index (χ4n) is 2.81. The third-order valence-electron chi connectivity index (χ3n) is 4.12. The molecule has 3 rings (SSSR count). The zero-order chi connectivity index (χ0) is 15.4. The van der Waals surface area contributed by atoms with E-state index in [0.717, 1.165) is 18.7 Å². The summed E-state index contributed by atoms with van der Waals surface area (Å²) >= 11 is 0. The predicted octanol–water partition coefficient (Wildman–Crippen LogP) is 2.35. The van der Waals surface area contributed by atoms with Gasteiger partial charge in [-0.15, -0.1) is 0 Å². The second kappa shape index (κ2) is 6.90. The molecular weight excluding hydrogens is 276 g/mol. The monoisotopic (exact) mass is 298 g/mol. The molecule has 1 saturated heterocycles. The number of carbonyl (C=O) groups is 1. The lowest BCUT2D eigenvalue weighted by atomic mass is 10.0. The molecule has 22 heavy (non-hydrogen) atoms. The number of hydrogen-bond acceptors (Lipinski definition) is 3. The predicted molar refractivity (Wildman–Crippen MR) is 87.8 cm³/mol. The average molecular weight is 298 g/mol. The maximum absolute atomic E-state index is 12.2. The van der Waals surface area contributed by atoms with Crippen molar-refractivity contribution in [2.24, 2.45) is 0 Å². The second-order valence-electron chi connectivity index (χ2n) is 5.78. The zero-order valence-corrected chi connectivity index (χ0v) is 12.9. The standard InChI is InChI=1S/C18H22N2O2/c1-14(19-18(21)13-20-8-10-22-11-9-20)16-7-6-15-4-2-3-5-17(15)12-16/h2-7,12,14H,8-11,13H2,1H3,(H,19,21). The van der Waals surface area contributed by atoms with Gasteiger partial charge in [-0.1, -0.05) is 36.4 Å². The Bertz CT molecular complexity index is 650. The molecule has 0 saturated carbocycles. The van der Waals surface area contributed by atoms with Crippen molar-refractivity contribution in [1.29, 1.82) is 0 Å². The van der Waals surface area contributed by atoms with E-state index in [1.165, 1.54) is 10.8 Å². The number of ether oxygens (including phenoxy) is 1. The molecule has 1 atom stereocenters. The summed E-state index contributed by atoms with van der Waals surface area (Å²) in [6, 6.07) is 14.6. The van der Waals surface area contributed by atoms with E-state index in [9.17, 15) is 4.79 Å². The van der Waals surface area contributed by atoms with E-state index in [2.05, 4.69) is 40.5 Å². The number of nitrogens with one attached hydrogen (secondary N) is 1. The van der Waals surface area contributed by atoms with Gasteiger partial charge in [0.05, 0.1) is 25.8 Å². The highest BCUT2D eigenvalue weighted by molar-refractivity contribution is 5.83. The van der Waals surface area contributed by atoms with Gasteiger partial charge in [0.15, 0.2) is 0 Å². The van der Waals surface area contributed by atoms with Crippen molar-refractivity contribution in [1.82, 2.24) is 10.2 Å². The average Bonchev–Trinajstić information content (AvgIpc) is 2.55.